The molecule has 0 radical (unpaired) electrons. The summed E-state index contributed by atoms with van der Waals surface area (Å²) in [6.45, 7) is 0. The summed E-state index contributed by atoms with van der Waals surface area (Å²) < 4.78 is 40.7. The highest BCUT2D eigenvalue weighted by molar-refractivity contribution is 14.1. The molecule has 0 aromatic heterocycles. The van der Waals surface area contributed by atoms with Crippen molar-refractivity contribution in [1.29, 1.82) is 0 Å². The first-order chi connectivity index (χ1) is 7.69. The number of benzene rings is 1. The predicted molar refractivity (Wildman–Crippen MR) is 74.0 cm³/mol. The maximum atomic E-state index is 12.0. The Balaban J connectivity index is 3.05. The van der Waals surface area contributed by atoms with E-state index in [9.17, 15) is 13.2 Å². The van der Waals surface area contributed by atoms with Crippen molar-refractivity contribution in [3.8, 4) is 5.75 Å². The monoisotopic (exact) mass is 440 g/mol. The highest BCUT2D eigenvalue weighted by atomic mass is 127. The first-order valence-corrected chi connectivity index (χ1v) is 6.28. The van der Waals surface area contributed by atoms with Gasteiger partial charge in [0.05, 0.1) is 5.69 Å². The molecule has 0 saturated heterocycles. The van der Waals surface area contributed by atoms with E-state index in [2.05, 4.69) is 38.2 Å². The smallest absolute Gasteiger partial charge is 0.406 e. The molecule has 94 valence electrons. The normalized spacial score (nSPS) is 11.1. The summed E-state index contributed by atoms with van der Waals surface area (Å²) in [6, 6.07) is 2.40. The van der Waals surface area contributed by atoms with Crippen LogP contribution in [0.1, 0.15) is 0 Å². The second kappa shape index (κ2) is 5.57. The van der Waals surface area contributed by atoms with E-state index in [4.69, 9.17) is 5.73 Å². The van der Waals surface area contributed by atoms with Gasteiger partial charge in [0.1, 0.15) is 5.75 Å². The molecule has 0 unspecified atom stereocenters. The third kappa shape index (κ3) is 4.84. The second-order valence-electron chi connectivity index (χ2n) is 2.80. The van der Waals surface area contributed by atoms with E-state index in [-0.39, 0.29) is 10.9 Å². The number of hydrogen-bond donors (Lipinski definition) is 2. The molecule has 0 atom stereocenters. The fourth-order valence-electron chi connectivity index (χ4n) is 0.985. The zero-order chi connectivity index (χ0) is 13.2. The molecule has 0 saturated carbocycles. The van der Waals surface area contributed by atoms with Crippen LogP contribution in [0.5, 0.6) is 5.75 Å². The number of hydrogen-bond acceptors (Lipinski definition) is 2. The van der Waals surface area contributed by atoms with Crippen molar-refractivity contribution in [3.63, 3.8) is 0 Å². The number of halogens is 5. The van der Waals surface area contributed by atoms with Crippen molar-refractivity contribution < 1.29 is 17.9 Å². The van der Waals surface area contributed by atoms with Crippen LogP contribution in [0.15, 0.2) is 16.6 Å². The van der Waals surface area contributed by atoms with E-state index in [0.717, 1.165) is 0 Å². The van der Waals surface area contributed by atoms with E-state index < -0.39 is 6.36 Å². The van der Waals surface area contributed by atoms with Gasteiger partial charge in [0.25, 0.3) is 0 Å². The summed E-state index contributed by atoms with van der Waals surface area (Å²) in [6.07, 6.45) is -4.72. The number of rotatable bonds is 2. The molecule has 9 heteroatoms. The van der Waals surface area contributed by atoms with Crippen LogP contribution in [0.25, 0.3) is 0 Å². The Labute approximate surface area is 122 Å². The topological polar surface area (TPSA) is 47.3 Å². The number of nitrogens with one attached hydrogen (secondary N) is 1. The van der Waals surface area contributed by atoms with Gasteiger partial charge in [-0.15, -0.1) is 13.2 Å². The van der Waals surface area contributed by atoms with E-state index in [1.165, 1.54) is 12.1 Å². The molecule has 1 rings (SSSR count). The van der Waals surface area contributed by atoms with Crippen LogP contribution in [0.2, 0.25) is 0 Å². The Morgan fingerprint density at radius 2 is 2.06 bits per heavy atom. The van der Waals surface area contributed by atoms with Gasteiger partial charge < -0.3 is 15.8 Å². The largest absolute Gasteiger partial charge is 0.573 e. The Bertz CT molecular complexity index is 432. The Kier molecular flexibility index (Phi) is 4.84. The minimum Gasteiger partial charge on any atom is -0.406 e. The summed E-state index contributed by atoms with van der Waals surface area (Å²) in [5, 5.41) is 2.67. The van der Waals surface area contributed by atoms with E-state index >= 15 is 0 Å². The van der Waals surface area contributed by atoms with Crippen LogP contribution in [0.4, 0.5) is 18.9 Å². The lowest BCUT2D eigenvalue weighted by molar-refractivity contribution is -0.274. The molecule has 1 aromatic carbocycles. The van der Waals surface area contributed by atoms with Gasteiger partial charge in [0.2, 0.25) is 0 Å². The lowest BCUT2D eigenvalue weighted by Gasteiger charge is -2.13. The highest BCUT2D eigenvalue weighted by Crippen LogP contribution is 2.34. The number of nitrogens with two attached hydrogens (primary N) is 1. The molecule has 0 heterocycles. The maximum absolute atomic E-state index is 12.0. The van der Waals surface area contributed by atoms with Crippen molar-refractivity contribution in [2.24, 2.45) is 5.73 Å². The lowest BCUT2D eigenvalue weighted by atomic mass is 10.3. The standard InChI is InChI=1S/C8H5BrF3IN2OS/c9-4-1-3(16-8(10,11)12)2-5(13)6(4)15-7(14)17/h1-2H,(H3,14,15,17). The molecule has 17 heavy (non-hydrogen) atoms. The average Bonchev–Trinajstić information content (AvgIpc) is 2.08. The SMILES string of the molecule is NC(=S)Nc1c(Br)cc(OC(F)(F)F)cc1I. The fourth-order valence-corrected chi connectivity index (χ4v) is 2.73. The Hall–Kier alpha value is -0.290. The molecule has 0 amide bonds. The molecule has 0 bridgehead atoms. The fraction of sp³-hybridized carbons (Fsp3) is 0.125. The number of ether oxygens (including phenoxy) is 1. The molecule has 1 aromatic rings. The first kappa shape index (κ1) is 14.8. The molecule has 0 fully saturated rings. The molecule has 3 N–H and O–H groups in total. The first-order valence-electron chi connectivity index (χ1n) is 4.00. The van der Waals surface area contributed by atoms with E-state index in [1.54, 1.807) is 0 Å². The molecule has 0 aliphatic rings. The highest BCUT2D eigenvalue weighted by Gasteiger charge is 2.31. The van der Waals surface area contributed by atoms with Crippen LogP contribution < -0.4 is 15.8 Å². The van der Waals surface area contributed by atoms with Gasteiger partial charge in [-0.25, -0.2) is 0 Å². The van der Waals surface area contributed by atoms with E-state index in [1.807, 2.05) is 22.6 Å². The van der Waals surface area contributed by atoms with Crippen LogP contribution in [0, 0.1) is 3.57 Å². The number of anilines is 1. The molecular formula is C8H5BrF3IN2OS. The van der Waals surface area contributed by atoms with Gasteiger partial charge >= 0.3 is 6.36 Å². The van der Waals surface area contributed by atoms with Crippen LogP contribution in [0.3, 0.4) is 0 Å². The van der Waals surface area contributed by atoms with Gasteiger partial charge in [-0.2, -0.15) is 0 Å². The molecule has 3 nitrogen and oxygen atoms in total. The van der Waals surface area contributed by atoms with Gasteiger partial charge in [-0.05, 0) is 62.9 Å². The third-order valence-corrected chi connectivity index (χ3v) is 3.08. The quantitative estimate of drug-likeness (QED) is 0.544. The summed E-state index contributed by atoms with van der Waals surface area (Å²) in [4.78, 5) is 0. The lowest BCUT2D eigenvalue weighted by Crippen LogP contribution is -2.20. The van der Waals surface area contributed by atoms with Gasteiger partial charge in [-0.3, -0.25) is 0 Å². The third-order valence-electron chi connectivity index (χ3n) is 1.50. The zero-order valence-electron chi connectivity index (χ0n) is 7.94. The van der Waals surface area contributed by atoms with Gasteiger partial charge in [-0.1, -0.05) is 0 Å². The van der Waals surface area contributed by atoms with Crippen molar-refractivity contribution in [3.05, 3.63) is 20.2 Å². The Morgan fingerprint density at radius 3 is 2.47 bits per heavy atom. The molecule has 0 aliphatic heterocycles. The zero-order valence-corrected chi connectivity index (χ0v) is 12.5. The average molecular weight is 441 g/mol. The molecule has 0 aliphatic carbocycles. The van der Waals surface area contributed by atoms with Crippen molar-refractivity contribution in [2.45, 2.75) is 6.36 Å². The summed E-state index contributed by atoms with van der Waals surface area (Å²) in [7, 11) is 0. The molecule has 0 spiro atoms. The number of thiocarbonyl (C=S) groups is 1. The van der Waals surface area contributed by atoms with Crippen molar-refractivity contribution >= 4 is 61.5 Å². The van der Waals surface area contributed by atoms with Gasteiger partial charge in [0, 0.05) is 8.04 Å². The summed E-state index contributed by atoms with van der Waals surface area (Å²) >= 11 is 9.59. The van der Waals surface area contributed by atoms with Gasteiger partial charge in [0.15, 0.2) is 5.11 Å². The van der Waals surface area contributed by atoms with Crippen molar-refractivity contribution in [2.75, 3.05) is 5.32 Å². The number of alkyl halides is 3. The minimum absolute atomic E-state index is 0.0214. The predicted octanol–water partition coefficient (Wildman–Crippen LogP) is 3.61. The minimum atomic E-state index is -4.72. The van der Waals surface area contributed by atoms with Crippen molar-refractivity contribution in [1.82, 2.24) is 0 Å². The van der Waals surface area contributed by atoms with Crippen LogP contribution in [-0.2, 0) is 0 Å². The summed E-state index contributed by atoms with van der Waals surface area (Å²) in [5.41, 5.74) is 5.78. The molecular weight excluding hydrogens is 436 g/mol. The summed E-state index contributed by atoms with van der Waals surface area (Å²) in [5.74, 6) is -0.317. The Morgan fingerprint density at radius 1 is 1.47 bits per heavy atom. The maximum Gasteiger partial charge on any atom is 0.573 e. The van der Waals surface area contributed by atoms with Crippen LogP contribution in [-0.4, -0.2) is 11.5 Å². The second-order valence-corrected chi connectivity index (χ2v) is 5.26. The van der Waals surface area contributed by atoms with E-state index in [0.29, 0.717) is 13.7 Å². The van der Waals surface area contributed by atoms with Crippen LogP contribution >= 0.6 is 50.7 Å².